The number of para-hydroxylation sites is 1. The molecule has 1 unspecified atom stereocenters. The summed E-state index contributed by atoms with van der Waals surface area (Å²) in [5, 5.41) is 12.9. The maximum Gasteiger partial charge on any atom is 0.0636 e. The van der Waals surface area contributed by atoms with E-state index >= 15 is 0 Å². The van der Waals surface area contributed by atoms with E-state index in [1.54, 1.807) is 0 Å². The molecule has 0 heterocycles. The number of hydrogen-bond donors (Lipinski definition) is 2. The van der Waals surface area contributed by atoms with Crippen LogP contribution in [0.3, 0.4) is 0 Å². The lowest BCUT2D eigenvalue weighted by Crippen LogP contribution is -2.26. The average molecular weight is 241 g/mol. The van der Waals surface area contributed by atoms with Crippen LogP contribution in [-0.2, 0) is 6.42 Å². The van der Waals surface area contributed by atoms with Gasteiger partial charge in [-0.1, -0.05) is 48.5 Å². The lowest BCUT2D eigenvalue weighted by molar-refractivity contribution is 0.273. The number of aliphatic hydroxyl groups is 1. The molecule has 0 saturated carbocycles. The Labute approximate surface area is 108 Å². The largest absolute Gasteiger partial charge is 0.394 e. The lowest BCUT2D eigenvalue weighted by atomic mass is 10.1. The highest BCUT2D eigenvalue weighted by molar-refractivity contribution is 5.51. The summed E-state index contributed by atoms with van der Waals surface area (Å²) in [6, 6.07) is 18.4. The summed E-state index contributed by atoms with van der Waals surface area (Å²) in [6.45, 7) is 2.20. The smallest absolute Gasteiger partial charge is 0.0636 e. The molecule has 0 spiro atoms. The molecule has 2 rings (SSSR count). The van der Waals surface area contributed by atoms with E-state index in [0.717, 1.165) is 12.1 Å². The molecule has 0 saturated heterocycles. The minimum absolute atomic E-state index is 0.0495. The first kappa shape index (κ1) is 12.7. The molecule has 0 aromatic heterocycles. The van der Waals surface area contributed by atoms with Crippen molar-refractivity contribution < 1.29 is 5.11 Å². The van der Waals surface area contributed by atoms with Gasteiger partial charge in [0.15, 0.2) is 0 Å². The molecule has 2 nitrogen and oxygen atoms in total. The van der Waals surface area contributed by atoms with Gasteiger partial charge in [-0.25, -0.2) is 0 Å². The van der Waals surface area contributed by atoms with Crippen LogP contribution in [0, 0.1) is 6.92 Å². The number of aryl methyl sites for hydroxylation is 1. The molecule has 2 aromatic carbocycles. The molecule has 0 radical (unpaired) electrons. The van der Waals surface area contributed by atoms with Gasteiger partial charge in [-0.05, 0) is 30.5 Å². The van der Waals surface area contributed by atoms with Crippen molar-refractivity contribution in [3.05, 3.63) is 65.7 Å². The van der Waals surface area contributed by atoms with Crippen LogP contribution in [0.2, 0.25) is 0 Å². The van der Waals surface area contributed by atoms with Crippen molar-refractivity contribution in [3.63, 3.8) is 0 Å². The Balaban J connectivity index is 2.04. The van der Waals surface area contributed by atoms with Crippen molar-refractivity contribution in [2.45, 2.75) is 19.4 Å². The van der Waals surface area contributed by atoms with Gasteiger partial charge >= 0.3 is 0 Å². The maximum absolute atomic E-state index is 9.48. The first-order valence-electron chi connectivity index (χ1n) is 6.26. The summed E-state index contributed by atoms with van der Waals surface area (Å²) < 4.78 is 0. The zero-order chi connectivity index (χ0) is 12.8. The van der Waals surface area contributed by atoms with E-state index < -0.39 is 0 Å². The average Bonchev–Trinajstić information content (AvgIpc) is 2.41. The molecule has 2 heteroatoms. The summed E-state index contributed by atoms with van der Waals surface area (Å²) in [5.41, 5.74) is 3.52. The van der Waals surface area contributed by atoms with Gasteiger partial charge in [-0.15, -0.1) is 0 Å². The Bertz CT molecular complexity index is 481. The highest BCUT2D eigenvalue weighted by Crippen LogP contribution is 2.15. The molecular weight excluding hydrogens is 222 g/mol. The fourth-order valence-electron chi connectivity index (χ4n) is 2.01. The Morgan fingerprint density at radius 3 is 2.33 bits per heavy atom. The molecule has 2 N–H and O–H groups in total. The van der Waals surface area contributed by atoms with Gasteiger partial charge < -0.3 is 10.4 Å². The Kier molecular flexibility index (Phi) is 4.37. The second-order valence-electron chi connectivity index (χ2n) is 4.53. The molecule has 18 heavy (non-hydrogen) atoms. The highest BCUT2D eigenvalue weighted by atomic mass is 16.3. The van der Waals surface area contributed by atoms with Crippen LogP contribution >= 0.6 is 0 Å². The van der Waals surface area contributed by atoms with E-state index in [2.05, 4.69) is 30.4 Å². The van der Waals surface area contributed by atoms with Crippen molar-refractivity contribution >= 4 is 5.69 Å². The minimum atomic E-state index is 0.0495. The number of anilines is 1. The van der Waals surface area contributed by atoms with E-state index in [1.807, 2.05) is 36.4 Å². The van der Waals surface area contributed by atoms with Crippen molar-refractivity contribution in [1.82, 2.24) is 0 Å². The van der Waals surface area contributed by atoms with E-state index in [4.69, 9.17) is 0 Å². The molecule has 0 aliphatic carbocycles. The van der Waals surface area contributed by atoms with E-state index in [9.17, 15) is 5.11 Å². The van der Waals surface area contributed by atoms with Crippen LogP contribution in [-0.4, -0.2) is 17.8 Å². The van der Waals surface area contributed by atoms with Gasteiger partial charge in [0.05, 0.1) is 12.6 Å². The van der Waals surface area contributed by atoms with E-state index in [1.165, 1.54) is 11.1 Å². The lowest BCUT2D eigenvalue weighted by Gasteiger charge is -2.19. The first-order valence-corrected chi connectivity index (χ1v) is 6.26. The van der Waals surface area contributed by atoms with Crippen LogP contribution in [0.5, 0.6) is 0 Å². The zero-order valence-corrected chi connectivity index (χ0v) is 10.6. The Morgan fingerprint density at radius 1 is 1.00 bits per heavy atom. The highest BCUT2D eigenvalue weighted by Gasteiger charge is 2.09. The minimum Gasteiger partial charge on any atom is -0.394 e. The number of rotatable bonds is 5. The molecule has 0 aliphatic heterocycles. The van der Waals surface area contributed by atoms with E-state index in [0.29, 0.717) is 0 Å². The van der Waals surface area contributed by atoms with Crippen LogP contribution in [0.25, 0.3) is 0 Å². The zero-order valence-electron chi connectivity index (χ0n) is 10.6. The quantitative estimate of drug-likeness (QED) is 0.843. The molecule has 94 valence electrons. The standard InChI is InChI=1S/C16H19NO/c1-13-7-5-6-10-16(13)17-15(12-18)11-14-8-3-2-4-9-14/h2-10,15,17-18H,11-12H2,1H3. The second kappa shape index (κ2) is 6.22. The monoisotopic (exact) mass is 241 g/mol. The SMILES string of the molecule is Cc1ccccc1NC(CO)Cc1ccccc1. The molecule has 2 aromatic rings. The fraction of sp³-hybridized carbons (Fsp3) is 0.250. The summed E-state index contributed by atoms with van der Waals surface area (Å²) in [4.78, 5) is 0. The summed E-state index contributed by atoms with van der Waals surface area (Å²) >= 11 is 0. The first-order chi connectivity index (χ1) is 8.79. The normalized spacial score (nSPS) is 12.1. The maximum atomic E-state index is 9.48. The predicted molar refractivity (Wildman–Crippen MR) is 75.8 cm³/mol. The van der Waals surface area contributed by atoms with Crippen molar-refractivity contribution in [2.24, 2.45) is 0 Å². The summed E-state index contributed by atoms with van der Waals surface area (Å²) in [7, 11) is 0. The third-order valence-electron chi connectivity index (χ3n) is 3.05. The van der Waals surface area contributed by atoms with Gasteiger partial charge in [0.2, 0.25) is 0 Å². The second-order valence-corrected chi connectivity index (χ2v) is 4.53. The van der Waals surface area contributed by atoms with Crippen LogP contribution in [0.15, 0.2) is 54.6 Å². The predicted octanol–water partition coefficient (Wildman–Crippen LogP) is 3.01. The van der Waals surface area contributed by atoms with Crippen molar-refractivity contribution in [3.8, 4) is 0 Å². The molecule has 0 amide bonds. The van der Waals surface area contributed by atoms with Crippen molar-refractivity contribution in [1.29, 1.82) is 0 Å². The van der Waals surface area contributed by atoms with Gasteiger partial charge in [0, 0.05) is 5.69 Å². The Hall–Kier alpha value is -1.80. The van der Waals surface area contributed by atoms with Crippen LogP contribution in [0.4, 0.5) is 5.69 Å². The van der Waals surface area contributed by atoms with Crippen molar-refractivity contribution in [2.75, 3.05) is 11.9 Å². The van der Waals surface area contributed by atoms with Gasteiger partial charge in [-0.2, -0.15) is 0 Å². The van der Waals surface area contributed by atoms with E-state index in [-0.39, 0.29) is 12.6 Å². The van der Waals surface area contributed by atoms with Crippen LogP contribution < -0.4 is 5.32 Å². The third kappa shape index (κ3) is 3.34. The molecular formula is C16H19NO. The number of aliphatic hydroxyl groups excluding tert-OH is 1. The number of hydrogen-bond acceptors (Lipinski definition) is 2. The molecule has 1 atom stereocenters. The molecule has 0 aliphatic rings. The summed E-state index contributed by atoms with van der Waals surface area (Å²) in [5.74, 6) is 0. The fourth-order valence-corrected chi connectivity index (χ4v) is 2.01. The van der Waals surface area contributed by atoms with Gasteiger partial charge in [0.25, 0.3) is 0 Å². The van der Waals surface area contributed by atoms with Crippen LogP contribution in [0.1, 0.15) is 11.1 Å². The third-order valence-corrected chi connectivity index (χ3v) is 3.05. The van der Waals surface area contributed by atoms with Gasteiger partial charge in [-0.3, -0.25) is 0 Å². The molecule has 0 fully saturated rings. The number of benzene rings is 2. The summed E-state index contributed by atoms with van der Waals surface area (Å²) in [6.07, 6.45) is 0.825. The van der Waals surface area contributed by atoms with Gasteiger partial charge in [0.1, 0.15) is 0 Å². The topological polar surface area (TPSA) is 32.3 Å². The molecule has 0 bridgehead atoms. The number of nitrogens with one attached hydrogen (secondary N) is 1. The Morgan fingerprint density at radius 2 is 1.67 bits per heavy atom.